The Bertz CT molecular complexity index is 1220. The van der Waals surface area contributed by atoms with Gasteiger partial charge in [-0.25, -0.2) is 8.42 Å². The molecule has 0 spiro atoms. The molecule has 1 heterocycles. The van der Waals surface area contributed by atoms with E-state index < -0.39 is 9.84 Å². The molecule has 0 atom stereocenters. The molecular weight excluding hydrogens is 436 g/mol. The number of hydrogen-bond acceptors (Lipinski definition) is 5. The number of sulfone groups is 1. The first kappa shape index (κ1) is 23.2. The van der Waals surface area contributed by atoms with Gasteiger partial charge in [-0.1, -0.05) is 18.2 Å². The normalized spacial score (nSPS) is 12.8. The van der Waals surface area contributed by atoms with Gasteiger partial charge in [0.2, 0.25) is 0 Å². The molecule has 33 heavy (non-hydrogen) atoms. The summed E-state index contributed by atoms with van der Waals surface area (Å²) < 4.78 is 40.0. The SMILES string of the molecule is Cc1cc(OCCCS(C)(=O)=O)cc(C)c1-c1cccc(COc2ccc3c(c2)CCO3)c1. The van der Waals surface area contributed by atoms with Crippen molar-refractivity contribution in [3.8, 4) is 28.4 Å². The Morgan fingerprint density at radius 2 is 1.73 bits per heavy atom. The highest BCUT2D eigenvalue weighted by molar-refractivity contribution is 7.90. The molecule has 1 aliphatic rings. The van der Waals surface area contributed by atoms with Crippen LogP contribution < -0.4 is 14.2 Å². The molecule has 174 valence electrons. The molecule has 0 N–H and O–H groups in total. The lowest BCUT2D eigenvalue weighted by Gasteiger charge is -2.15. The van der Waals surface area contributed by atoms with Gasteiger partial charge in [-0.2, -0.15) is 0 Å². The molecule has 3 aromatic rings. The van der Waals surface area contributed by atoms with Gasteiger partial charge in [0, 0.05) is 18.2 Å². The Morgan fingerprint density at radius 3 is 2.48 bits per heavy atom. The van der Waals surface area contributed by atoms with Crippen molar-refractivity contribution in [3.63, 3.8) is 0 Å². The van der Waals surface area contributed by atoms with E-state index in [1.54, 1.807) is 0 Å². The van der Waals surface area contributed by atoms with Crippen molar-refractivity contribution in [2.24, 2.45) is 0 Å². The maximum Gasteiger partial charge on any atom is 0.147 e. The van der Waals surface area contributed by atoms with Crippen LogP contribution >= 0.6 is 0 Å². The second kappa shape index (κ2) is 9.87. The summed E-state index contributed by atoms with van der Waals surface area (Å²) in [4.78, 5) is 0. The third-order valence-corrected chi connectivity index (χ3v) is 6.75. The average molecular weight is 467 g/mol. The fraction of sp³-hybridized carbons (Fsp3) is 0.333. The highest BCUT2D eigenvalue weighted by Crippen LogP contribution is 2.32. The van der Waals surface area contributed by atoms with Crippen LogP contribution in [-0.4, -0.2) is 33.6 Å². The van der Waals surface area contributed by atoms with Crippen LogP contribution in [0.25, 0.3) is 11.1 Å². The van der Waals surface area contributed by atoms with E-state index in [4.69, 9.17) is 14.2 Å². The maximum atomic E-state index is 11.3. The Labute approximate surface area is 196 Å². The molecule has 0 amide bonds. The molecule has 0 saturated carbocycles. The Morgan fingerprint density at radius 1 is 0.939 bits per heavy atom. The van der Waals surface area contributed by atoms with Gasteiger partial charge in [-0.15, -0.1) is 0 Å². The third kappa shape index (κ3) is 6.08. The number of hydrogen-bond donors (Lipinski definition) is 0. The van der Waals surface area contributed by atoms with Crippen LogP contribution in [0.15, 0.2) is 54.6 Å². The van der Waals surface area contributed by atoms with Crippen LogP contribution in [-0.2, 0) is 22.9 Å². The van der Waals surface area contributed by atoms with Crippen molar-refractivity contribution in [1.29, 1.82) is 0 Å². The van der Waals surface area contributed by atoms with Crippen LogP contribution in [0.1, 0.15) is 28.7 Å². The standard InChI is InChI=1S/C27H30O5S/c1-19-14-25(30-11-5-13-33(3,28)29)15-20(2)27(19)23-7-4-6-21(16-23)18-32-24-8-9-26-22(17-24)10-12-31-26/h4,6-9,14-17H,5,10-13,18H2,1-3H3. The van der Waals surface area contributed by atoms with Crippen molar-refractivity contribution in [3.05, 3.63) is 76.9 Å². The topological polar surface area (TPSA) is 61.8 Å². The van der Waals surface area contributed by atoms with Gasteiger partial charge in [-0.05, 0) is 84.5 Å². The molecule has 3 aromatic carbocycles. The van der Waals surface area contributed by atoms with Crippen molar-refractivity contribution in [2.75, 3.05) is 25.2 Å². The highest BCUT2D eigenvalue weighted by atomic mass is 32.2. The molecule has 0 bridgehead atoms. The van der Waals surface area contributed by atoms with E-state index in [-0.39, 0.29) is 5.75 Å². The molecular formula is C27H30O5S. The first-order valence-electron chi connectivity index (χ1n) is 11.2. The molecule has 0 saturated heterocycles. The first-order chi connectivity index (χ1) is 15.8. The van der Waals surface area contributed by atoms with Crippen molar-refractivity contribution >= 4 is 9.84 Å². The molecule has 0 aromatic heterocycles. The lowest BCUT2D eigenvalue weighted by atomic mass is 9.94. The molecule has 4 rings (SSSR count). The number of fused-ring (bicyclic) bond motifs is 1. The molecule has 0 radical (unpaired) electrons. The summed E-state index contributed by atoms with van der Waals surface area (Å²) in [7, 11) is -2.96. The van der Waals surface area contributed by atoms with Crippen molar-refractivity contribution in [2.45, 2.75) is 33.3 Å². The Balaban J connectivity index is 1.43. The van der Waals surface area contributed by atoms with Gasteiger partial charge in [0.25, 0.3) is 0 Å². The zero-order valence-electron chi connectivity index (χ0n) is 19.4. The number of ether oxygens (including phenoxy) is 3. The predicted octanol–water partition coefficient (Wildman–Crippen LogP) is 5.30. The fourth-order valence-corrected chi connectivity index (χ4v) is 4.85. The molecule has 0 aliphatic carbocycles. The van der Waals surface area contributed by atoms with E-state index in [2.05, 4.69) is 44.2 Å². The zero-order chi connectivity index (χ0) is 23.4. The smallest absolute Gasteiger partial charge is 0.147 e. The van der Waals surface area contributed by atoms with Crippen molar-refractivity contribution < 1.29 is 22.6 Å². The average Bonchev–Trinajstić information content (AvgIpc) is 3.22. The van der Waals surface area contributed by atoms with Crippen molar-refractivity contribution in [1.82, 2.24) is 0 Å². The third-order valence-electron chi connectivity index (χ3n) is 5.72. The second-order valence-corrected chi connectivity index (χ2v) is 10.9. The Hall–Kier alpha value is -2.99. The Kier molecular flexibility index (Phi) is 6.94. The minimum absolute atomic E-state index is 0.136. The fourth-order valence-electron chi connectivity index (χ4n) is 4.21. The van der Waals surface area contributed by atoms with Gasteiger partial charge < -0.3 is 14.2 Å². The predicted molar refractivity (Wildman–Crippen MR) is 131 cm³/mol. The quantitative estimate of drug-likeness (QED) is 0.401. The van der Waals surface area contributed by atoms with Gasteiger partial charge in [0.15, 0.2) is 0 Å². The minimum atomic E-state index is -2.96. The van der Waals surface area contributed by atoms with E-state index in [9.17, 15) is 8.42 Å². The highest BCUT2D eigenvalue weighted by Gasteiger charge is 2.13. The van der Waals surface area contributed by atoms with E-state index >= 15 is 0 Å². The van der Waals surface area contributed by atoms with Crippen LogP contribution in [0.5, 0.6) is 17.2 Å². The summed E-state index contributed by atoms with van der Waals surface area (Å²) in [6, 6.07) is 18.4. The van der Waals surface area contributed by atoms with Crippen LogP contribution in [0.2, 0.25) is 0 Å². The molecule has 5 nitrogen and oxygen atoms in total. The lowest BCUT2D eigenvalue weighted by Crippen LogP contribution is -2.08. The van der Waals surface area contributed by atoms with E-state index in [1.165, 1.54) is 17.4 Å². The van der Waals surface area contributed by atoms with Crippen LogP contribution in [0, 0.1) is 13.8 Å². The summed E-state index contributed by atoms with van der Waals surface area (Å²) >= 11 is 0. The number of aryl methyl sites for hydroxylation is 2. The van der Waals surface area contributed by atoms with Gasteiger partial charge in [0.05, 0.1) is 19.0 Å². The maximum absolute atomic E-state index is 11.3. The molecule has 0 unspecified atom stereocenters. The zero-order valence-corrected chi connectivity index (χ0v) is 20.2. The minimum Gasteiger partial charge on any atom is -0.494 e. The summed E-state index contributed by atoms with van der Waals surface area (Å²) in [6.07, 6.45) is 2.66. The second-order valence-electron chi connectivity index (χ2n) is 8.62. The first-order valence-corrected chi connectivity index (χ1v) is 13.2. The van der Waals surface area contributed by atoms with E-state index in [0.29, 0.717) is 19.6 Å². The number of rotatable bonds is 9. The van der Waals surface area contributed by atoms with Gasteiger partial charge in [-0.3, -0.25) is 0 Å². The van der Waals surface area contributed by atoms with E-state index in [0.717, 1.165) is 52.5 Å². The van der Waals surface area contributed by atoms with Gasteiger partial charge >= 0.3 is 0 Å². The van der Waals surface area contributed by atoms with Crippen LogP contribution in [0.4, 0.5) is 0 Å². The van der Waals surface area contributed by atoms with E-state index in [1.807, 2.05) is 24.3 Å². The molecule has 0 fully saturated rings. The summed E-state index contributed by atoms with van der Waals surface area (Å²) in [5, 5.41) is 0. The summed E-state index contributed by atoms with van der Waals surface area (Å²) in [5.41, 5.74) is 6.84. The summed E-state index contributed by atoms with van der Waals surface area (Å²) in [5.74, 6) is 2.71. The molecule has 1 aliphatic heterocycles. The van der Waals surface area contributed by atoms with Crippen LogP contribution in [0.3, 0.4) is 0 Å². The largest absolute Gasteiger partial charge is 0.494 e. The molecule has 6 heteroatoms. The lowest BCUT2D eigenvalue weighted by molar-refractivity contribution is 0.305. The number of benzene rings is 3. The summed E-state index contributed by atoms with van der Waals surface area (Å²) in [6.45, 7) is 5.76. The monoisotopic (exact) mass is 466 g/mol. The van der Waals surface area contributed by atoms with Gasteiger partial charge in [0.1, 0.15) is 33.7 Å².